The number of carbonyl (C=O) groups is 1. The first kappa shape index (κ1) is 22.2. The molecule has 2 heterocycles. The second-order valence-electron chi connectivity index (χ2n) is 8.31. The van der Waals surface area contributed by atoms with Gasteiger partial charge in [0, 0.05) is 35.3 Å². The first-order valence-corrected chi connectivity index (χ1v) is 11.6. The first-order valence-electron chi connectivity index (χ1n) is 11.6. The van der Waals surface area contributed by atoms with Crippen molar-refractivity contribution in [3.05, 3.63) is 60.2 Å². The number of pyridine rings is 1. The number of benzene rings is 2. The summed E-state index contributed by atoms with van der Waals surface area (Å²) in [5.41, 5.74) is 4.46. The Labute approximate surface area is 189 Å². The van der Waals surface area contributed by atoms with Crippen LogP contribution in [0, 0.1) is 0 Å². The van der Waals surface area contributed by atoms with Gasteiger partial charge in [0.15, 0.2) is 0 Å². The van der Waals surface area contributed by atoms with Crippen LogP contribution in [-0.4, -0.2) is 60.2 Å². The van der Waals surface area contributed by atoms with Crippen LogP contribution in [0.1, 0.15) is 36.0 Å². The number of fused-ring (bicyclic) bond motifs is 1. The number of amides is 1. The summed E-state index contributed by atoms with van der Waals surface area (Å²) in [4.78, 5) is 19.5. The van der Waals surface area contributed by atoms with Crippen LogP contribution in [0.5, 0.6) is 0 Å². The van der Waals surface area contributed by atoms with E-state index in [1.807, 2.05) is 30.3 Å². The SMILES string of the molecule is O=C(NCCO)c1ccc(-c2cc(NCCCN3CCCCC3)c3ccccc3n2)cc1. The second kappa shape index (κ2) is 11.1. The average molecular weight is 433 g/mol. The molecule has 1 aromatic heterocycles. The molecular weight excluding hydrogens is 400 g/mol. The highest BCUT2D eigenvalue weighted by Crippen LogP contribution is 2.28. The van der Waals surface area contributed by atoms with Crippen LogP contribution in [-0.2, 0) is 0 Å². The molecule has 168 valence electrons. The third-order valence-electron chi connectivity index (χ3n) is 5.97. The van der Waals surface area contributed by atoms with Gasteiger partial charge >= 0.3 is 0 Å². The van der Waals surface area contributed by atoms with Crippen molar-refractivity contribution in [2.75, 3.05) is 44.6 Å². The van der Waals surface area contributed by atoms with Crippen LogP contribution in [0.2, 0.25) is 0 Å². The molecule has 6 nitrogen and oxygen atoms in total. The monoisotopic (exact) mass is 432 g/mol. The van der Waals surface area contributed by atoms with Gasteiger partial charge in [-0.3, -0.25) is 4.79 Å². The highest BCUT2D eigenvalue weighted by atomic mass is 16.3. The number of likely N-dealkylation sites (tertiary alicyclic amines) is 1. The molecule has 1 fully saturated rings. The number of anilines is 1. The van der Waals surface area contributed by atoms with Gasteiger partial charge in [-0.2, -0.15) is 0 Å². The van der Waals surface area contributed by atoms with Gasteiger partial charge in [0.05, 0.1) is 17.8 Å². The third-order valence-corrected chi connectivity index (χ3v) is 5.97. The number of nitrogens with zero attached hydrogens (tertiary/aromatic N) is 2. The van der Waals surface area contributed by atoms with Crippen molar-refractivity contribution < 1.29 is 9.90 Å². The van der Waals surface area contributed by atoms with Gasteiger partial charge in [-0.15, -0.1) is 0 Å². The average Bonchev–Trinajstić information content (AvgIpc) is 2.85. The number of para-hydroxylation sites is 1. The van der Waals surface area contributed by atoms with Gasteiger partial charge in [-0.25, -0.2) is 4.98 Å². The summed E-state index contributed by atoms with van der Waals surface area (Å²) in [7, 11) is 0. The molecule has 2 aromatic carbocycles. The van der Waals surface area contributed by atoms with Crippen LogP contribution in [0.25, 0.3) is 22.2 Å². The van der Waals surface area contributed by atoms with E-state index in [0.717, 1.165) is 47.4 Å². The molecule has 0 saturated carbocycles. The van der Waals surface area contributed by atoms with Gasteiger partial charge in [0.1, 0.15) is 0 Å². The molecule has 0 aliphatic carbocycles. The summed E-state index contributed by atoms with van der Waals surface area (Å²) in [6.45, 7) is 4.71. The molecule has 0 atom stereocenters. The summed E-state index contributed by atoms with van der Waals surface area (Å²) in [6, 6.07) is 17.7. The Morgan fingerprint density at radius 2 is 1.78 bits per heavy atom. The summed E-state index contributed by atoms with van der Waals surface area (Å²) in [6.07, 6.45) is 5.14. The largest absolute Gasteiger partial charge is 0.395 e. The van der Waals surface area contributed by atoms with E-state index in [2.05, 4.69) is 27.7 Å². The number of piperidine rings is 1. The third kappa shape index (κ3) is 5.64. The number of hydrogen-bond donors (Lipinski definition) is 3. The minimum atomic E-state index is -0.187. The second-order valence-corrected chi connectivity index (χ2v) is 8.31. The number of nitrogens with one attached hydrogen (secondary N) is 2. The maximum Gasteiger partial charge on any atom is 0.251 e. The molecule has 0 unspecified atom stereocenters. The van der Waals surface area contributed by atoms with E-state index in [0.29, 0.717) is 5.56 Å². The van der Waals surface area contributed by atoms with Crippen molar-refractivity contribution in [3.8, 4) is 11.3 Å². The normalized spacial score (nSPS) is 14.4. The zero-order valence-electron chi connectivity index (χ0n) is 18.5. The van der Waals surface area contributed by atoms with E-state index in [1.165, 1.54) is 32.4 Å². The van der Waals surface area contributed by atoms with Crippen LogP contribution in [0.15, 0.2) is 54.6 Å². The number of carbonyl (C=O) groups excluding carboxylic acids is 1. The number of aliphatic hydroxyl groups excluding tert-OH is 1. The molecule has 1 saturated heterocycles. The Hall–Kier alpha value is -2.96. The van der Waals surface area contributed by atoms with Crippen LogP contribution < -0.4 is 10.6 Å². The molecule has 0 bridgehead atoms. The Morgan fingerprint density at radius 1 is 1.00 bits per heavy atom. The maximum absolute atomic E-state index is 12.1. The first-order chi connectivity index (χ1) is 15.7. The molecule has 3 N–H and O–H groups in total. The number of aromatic nitrogens is 1. The fourth-order valence-corrected chi connectivity index (χ4v) is 4.24. The van der Waals surface area contributed by atoms with Crippen molar-refractivity contribution in [2.45, 2.75) is 25.7 Å². The maximum atomic E-state index is 12.1. The van der Waals surface area contributed by atoms with Crippen molar-refractivity contribution in [1.82, 2.24) is 15.2 Å². The van der Waals surface area contributed by atoms with Crippen molar-refractivity contribution in [1.29, 1.82) is 0 Å². The highest BCUT2D eigenvalue weighted by Gasteiger charge is 2.11. The quantitative estimate of drug-likeness (QED) is 0.447. The molecule has 32 heavy (non-hydrogen) atoms. The van der Waals surface area contributed by atoms with Crippen molar-refractivity contribution in [3.63, 3.8) is 0 Å². The molecule has 3 aromatic rings. The number of aliphatic hydroxyl groups is 1. The predicted octanol–water partition coefficient (Wildman–Crippen LogP) is 3.91. The minimum absolute atomic E-state index is 0.0708. The Bertz CT molecular complexity index is 1030. The number of hydrogen-bond acceptors (Lipinski definition) is 5. The lowest BCUT2D eigenvalue weighted by Crippen LogP contribution is -2.31. The van der Waals surface area contributed by atoms with E-state index >= 15 is 0 Å². The molecule has 1 amide bonds. The highest BCUT2D eigenvalue weighted by molar-refractivity contribution is 5.96. The van der Waals surface area contributed by atoms with Crippen molar-refractivity contribution >= 4 is 22.5 Å². The molecule has 4 rings (SSSR count). The topological polar surface area (TPSA) is 77.5 Å². The van der Waals surface area contributed by atoms with Gasteiger partial charge in [-0.05, 0) is 63.2 Å². The predicted molar refractivity (Wildman–Crippen MR) is 130 cm³/mol. The molecule has 0 radical (unpaired) electrons. The molecule has 1 aliphatic heterocycles. The van der Waals surface area contributed by atoms with Crippen LogP contribution >= 0.6 is 0 Å². The molecular formula is C26H32N4O2. The van der Waals surface area contributed by atoms with E-state index in [1.54, 1.807) is 12.1 Å². The standard InChI is InChI=1S/C26H32N4O2/c31-18-14-28-26(32)21-11-9-20(10-12-21)24-19-25(22-7-2-3-8-23(22)29-24)27-13-6-17-30-15-4-1-5-16-30/h2-3,7-12,19,31H,1,4-6,13-18H2,(H,27,29)(H,28,32). The molecule has 1 aliphatic rings. The minimum Gasteiger partial charge on any atom is -0.395 e. The van der Waals surface area contributed by atoms with Gasteiger partial charge in [-0.1, -0.05) is 36.8 Å². The number of rotatable bonds is 9. The van der Waals surface area contributed by atoms with Crippen molar-refractivity contribution in [2.24, 2.45) is 0 Å². The lowest BCUT2D eigenvalue weighted by molar-refractivity contribution is 0.0945. The zero-order valence-corrected chi connectivity index (χ0v) is 18.5. The fourth-order valence-electron chi connectivity index (χ4n) is 4.24. The molecule has 6 heteroatoms. The lowest BCUT2D eigenvalue weighted by atomic mass is 10.1. The van der Waals surface area contributed by atoms with Gasteiger partial charge in [0.25, 0.3) is 5.91 Å². The van der Waals surface area contributed by atoms with E-state index in [4.69, 9.17) is 10.1 Å². The lowest BCUT2D eigenvalue weighted by Gasteiger charge is -2.26. The summed E-state index contributed by atoms with van der Waals surface area (Å²) in [5, 5.41) is 16.3. The zero-order chi connectivity index (χ0) is 22.2. The summed E-state index contributed by atoms with van der Waals surface area (Å²) in [5.74, 6) is -0.187. The summed E-state index contributed by atoms with van der Waals surface area (Å²) >= 11 is 0. The van der Waals surface area contributed by atoms with E-state index in [-0.39, 0.29) is 19.1 Å². The molecule has 0 spiro atoms. The van der Waals surface area contributed by atoms with Crippen LogP contribution in [0.4, 0.5) is 5.69 Å². The van der Waals surface area contributed by atoms with Crippen LogP contribution in [0.3, 0.4) is 0 Å². The fraction of sp³-hybridized carbons (Fsp3) is 0.385. The Morgan fingerprint density at radius 3 is 2.56 bits per heavy atom. The van der Waals surface area contributed by atoms with Gasteiger partial charge < -0.3 is 20.6 Å². The Kier molecular flexibility index (Phi) is 7.69. The summed E-state index contributed by atoms with van der Waals surface area (Å²) < 4.78 is 0. The Balaban J connectivity index is 1.48. The van der Waals surface area contributed by atoms with E-state index in [9.17, 15) is 4.79 Å². The van der Waals surface area contributed by atoms with Gasteiger partial charge in [0.2, 0.25) is 0 Å². The van der Waals surface area contributed by atoms with E-state index < -0.39 is 0 Å². The smallest absolute Gasteiger partial charge is 0.251 e.